The van der Waals surface area contributed by atoms with Crippen molar-refractivity contribution in [1.82, 2.24) is 9.97 Å². The van der Waals surface area contributed by atoms with Crippen molar-refractivity contribution in [3.63, 3.8) is 0 Å². The lowest BCUT2D eigenvalue weighted by atomic mass is 10.4. The summed E-state index contributed by atoms with van der Waals surface area (Å²) in [6, 6.07) is 1.16. The van der Waals surface area contributed by atoms with Gasteiger partial charge >= 0.3 is 0 Å². The van der Waals surface area contributed by atoms with Crippen LogP contribution in [0.25, 0.3) is 0 Å². The molecular formula is C8H12FN3O2. The topological polar surface area (TPSA) is 69.5 Å². The summed E-state index contributed by atoms with van der Waals surface area (Å²) in [6.07, 6.45) is 1.10. The smallest absolute Gasteiger partial charge is 0.218 e. The predicted octanol–water partition coefficient (Wildman–Crippen LogP) is -0.593. The van der Waals surface area contributed by atoms with Crippen molar-refractivity contribution in [2.24, 2.45) is 0 Å². The molecule has 0 aromatic carbocycles. The van der Waals surface area contributed by atoms with Gasteiger partial charge in [-0.25, -0.2) is 9.97 Å². The number of rotatable bonds is 5. The van der Waals surface area contributed by atoms with Crippen LogP contribution in [0.4, 0.5) is 10.2 Å². The van der Waals surface area contributed by atoms with Gasteiger partial charge in [-0.2, -0.15) is 4.39 Å². The quantitative estimate of drug-likeness (QED) is 0.623. The molecule has 0 amide bonds. The van der Waals surface area contributed by atoms with E-state index in [1.807, 2.05) is 0 Å². The molecule has 0 saturated heterocycles. The first kappa shape index (κ1) is 10.8. The third-order valence-electron chi connectivity index (χ3n) is 1.68. The van der Waals surface area contributed by atoms with E-state index >= 15 is 0 Å². The van der Waals surface area contributed by atoms with Crippen LogP contribution in [0.2, 0.25) is 0 Å². The molecule has 0 unspecified atom stereocenters. The lowest BCUT2D eigenvalue weighted by molar-refractivity contribution is 0.280. The first-order valence-corrected chi connectivity index (χ1v) is 4.22. The van der Waals surface area contributed by atoms with E-state index in [0.29, 0.717) is 18.9 Å². The SMILES string of the molecule is OCCN(CCO)c1cc(F)ncn1. The van der Waals surface area contributed by atoms with Gasteiger partial charge in [0.1, 0.15) is 12.1 Å². The number of halogens is 1. The summed E-state index contributed by atoms with van der Waals surface area (Å²) < 4.78 is 12.7. The van der Waals surface area contributed by atoms with E-state index in [4.69, 9.17) is 10.2 Å². The molecule has 1 aromatic heterocycles. The number of aliphatic hydroxyl groups is 2. The number of hydrogen-bond acceptors (Lipinski definition) is 5. The molecule has 2 N–H and O–H groups in total. The number of nitrogens with zero attached hydrogens (tertiary/aromatic N) is 3. The number of hydrogen-bond donors (Lipinski definition) is 2. The number of aromatic nitrogens is 2. The molecular weight excluding hydrogens is 189 g/mol. The van der Waals surface area contributed by atoms with E-state index in [2.05, 4.69) is 9.97 Å². The van der Waals surface area contributed by atoms with Gasteiger partial charge in [0.05, 0.1) is 13.2 Å². The Balaban J connectivity index is 2.75. The molecule has 0 aliphatic heterocycles. The molecule has 0 aliphatic carbocycles. The summed E-state index contributed by atoms with van der Waals surface area (Å²) in [5.74, 6) is -0.267. The predicted molar refractivity (Wildman–Crippen MR) is 48.4 cm³/mol. The van der Waals surface area contributed by atoms with Crippen LogP contribution in [-0.4, -0.2) is 46.5 Å². The van der Waals surface area contributed by atoms with Crippen molar-refractivity contribution in [2.75, 3.05) is 31.2 Å². The van der Waals surface area contributed by atoms with Gasteiger partial charge in [-0.05, 0) is 0 Å². The lowest BCUT2D eigenvalue weighted by Gasteiger charge is -2.20. The van der Waals surface area contributed by atoms with Crippen LogP contribution in [-0.2, 0) is 0 Å². The van der Waals surface area contributed by atoms with Gasteiger partial charge in [0.2, 0.25) is 5.95 Å². The molecule has 5 nitrogen and oxygen atoms in total. The molecule has 0 bridgehead atoms. The number of anilines is 1. The van der Waals surface area contributed by atoms with Gasteiger partial charge in [-0.15, -0.1) is 0 Å². The summed E-state index contributed by atoms with van der Waals surface area (Å²) >= 11 is 0. The minimum absolute atomic E-state index is 0.0778. The molecule has 0 spiro atoms. The maximum Gasteiger partial charge on any atom is 0.218 e. The maximum absolute atomic E-state index is 12.7. The lowest BCUT2D eigenvalue weighted by Crippen LogP contribution is -2.30. The molecule has 0 atom stereocenters. The van der Waals surface area contributed by atoms with Crippen molar-refractivity contribution in [2.45, 2.75) is 0 Å². The van der Waals surface area contributed by atoms with Gasteiger partial charge in [0, 0.05) is 19.2 Å². The first-order valence-electron chi connectivity index (χ1n) is 4.22. The Labute approximate surface area is 80.8 Å². The average Bonchev–Trinajstić information content (AvgIpc) is 2.17. The van der Waals surface area contributed by atoms with E-state index in [-0.39, 0.29) is 13.2 Å². The average molecular weight is 201 g/mol. The van der Waals surface area contributed by atoms with Crippen LogP contribution in [0.5, 0.6) is 0 Å². The standard InChI is InChI=1S/C8H12FN3O2/c9-7-5-8(11-6-10-7)12(1-3-13)2-4-14/h5-6,13-14H,1-4H2. The van der Waals surface area contributed by atoms with Gasteiger partial charge in [0.25, 0.3) is 0 Å². The second kappa shape index (κ2) is 5.46. The van der Waals surface area contributed by atoms with E-state index in [1.54, 1.807) is 4.90 Å². The Kier molecular flexibility index (Phi) is 4.21. The molecule has 0 radical (unpaired) electrons. The summed E-state index contributed by atoms with van der Waals surface area (Å²) in [6.45, 7) is 0.450. The fourth-order valence-electron chi connectivity index (χ4n) is 1.08. The zero-order valence-electron chi connectivity index (χ0n) is 7.60. The number of aliphatic hydroxyl groups excluding tert-OH is 2. The molecule has 0 aliphatic rings. The Bertz CT molecular complexity index is 279. The van der Waals surface area contributed by atoms with E-state index in [0.717, 1.165) is 12.4 Å². The highest BCUT2D eigenvalue weighted by atomic mass is 19.1. The van der Waals surface area contributed by atoms with Crippen LogP contribution in [0, 0.1) is 5.95 Å². The van der Waals surface area contributed by atoms with Gasteiger partial charge in [0.15, 0.2) is 0 Å². The zero-order valence-corrected chi connectivity index (χ0v) is 7.60. The van der Waals surface area contributed by atoms with Gasteiger partial charge in [-0.1, -0.05) is 0 Å². The monoisotopic (exact) mass is 201 g/mol. The molecule has 0 fully saturated rings. The summed E-state index contributed by atoms with van der Waals surface area (Å²) in [5.41, 5.74) is 0. The molecule has 78 valence electrons. The van der Waals surface area contributed by atoms with Crippen LogP contribution in [0.15, 0.2) is 12.4 Å². The zero-order chi connectivity index (χ0) is 10.4. The van der Waals surface area contributed by atoms with E-state index in [1.165, 1.54) is 0 Å². The van der Waals surface area contributed by atoms with Crippen molar-refractivity contribution in [3.8, 4) is 0 Å². The van der Waals surface area contributed by atoms with Crippen LogP contribution >= 0.6 is 0 Å². The molecule has 14 heavy (non-hydrogen) atoms. The Morgan fingerprint density at radius 1 is 1.21 bits per heavy atom. The molecule has 0 saturated carbocycles. The van der Waals surface area contributed by atoms with Crippen molar-refractivity contribution < 1.29 is 14.6 Å². The highest BCUT2D eigenvalue weighted by Gasteiger charge is 2.07. The Morgan fingerprint density at radius 2 is 1.86 bits per heavy atom. The maximum atomic E-state index is 12.7. The minimum Gasteiger partial charge on any atom is -0.395 e. The highest BCUT2D eigenvalue weighted by Crippen LogP contribution is 2.08. The molecule has 1 heterocycles. The fraction of sp³-hybridized carbons (Fsp3) is 0.500. The summed E-state index contributed by atoms with van der Waals surface area (Å²) in [4.78, 5) is 8.72. The highest BCUT2D eigenvalue weighted by molar-refractivity contribution is 5.36. The van der Waals surface area contributed by atoms with Crippen molar-refractivity contribution >= 4 is 5.82 Å². The third kappa shape index (κ3) is 2.90. The fourth-order valence-corrected chi connectivity index (χ4v) is 1.08. The van der Waals surface area contributed by atoms with Gasteiger partial charge in [-0.3, -0.25) is 0 Å². The normalized spacial score (nSPS) is 10.2. The molecule has 1 aromatic rings. The van der Waals surface area contributed by atoms with Gasteiger partial charge < -0.3 is 15.1 Å². The largest absolute Gasteiger partial charge is 0.395 e. The van der Waals surface area contributed by atoms with E-state index in [9.17, 15) is 4.39 Å². The summed E-state index contributed by atoms with van der Waals surface area (Å²) in [7, 11) is 0. The second-order valence-corrected chi connectivity index (χ2v) is 2.63. The third-order valence-corrected chi connectivity index (χ3v) is 1.68. The second-order valence-electron chi connectivity index (χ2n) is 2.63. The summed E-state index contributed by atoms with van der Waals surface area (Å²) in [5, 5.41) is 17.5. The van der Waals surface area contributed by atoms with Crippen molar-refractivity contribution in [1.29, 1.82) is 0 Å². The van der Waals surface area contributed by atoms with Crippen LogP contribution in [0.1, 0.15) is 0 Å². The van der Waals surface area contributed by atoms with Crippen LogP contribution < -0.4 is 4.90 Å². The van der Waals surface area contributed by atoms with E-state index < -0.39 is 5.95 Å². The minimum atomic E-state index is -0.629. The first-order chi connectivity index (χ1) is 6.77. The van der Waals surface area contributed by atoms with Crippen LogP contribution in [0.3, 0.4) is 0 Å². The Hall–Kier alpha value is -1.27. The Morgan fingerprint density at radius 3 is 2.36 bits per heavy atom. The van der Waals surface area contributed by atoms with Crippen molar-refractivity contribution in [3.05, 3.63) is 18.3 Å². The molecule has 6 heteroatoms. The molecule has 1 rings (SSSR count).